The lowest BCUT2D eigenvalue weighted by Gasteiger charge is -2.29. The molecule has 0 aliphatic rings. The van der Waals surface area contributed by atoms with Gasteiger partial charge >= 0.3 is 6.18 Å². The van der Waals surface area contributed by atoms with Crippen molar-refractivity contribution in [3.05, 3.63) is 101 Å². The molecular formula is C25H24F3N3O2. The van der Waals surface area contributed by atoms with E-state index >= 15 is 0 Å². The first kappa shape index (κ1) is 24.0. The van der Waals surface area contributed by atoms with E-state index in [-0.39, 0.29) is 29.8 Å². The fraction of sp³-hybridized carbons (Fsp3) is 0.240. The molecule has 0 fully saturated rings. The van der Waals surface area contributed by atoms with Crippen molar-refractivity contribution >= 4 is 11.8 Å². The van der Waals surface area contributed by atoms with Gasteiger partial charge < -0.3 is 10.2 Å². The molecule has 1 aromatic heterocycles. The van der Waals surface area contributed by atoms with Gasteiger partial charge in [-0.3, -0.25) is 14.6 Å². The number of nitrogens with one attached hydrogen (secondary N) is 1. The van der Waals surface area contributed by atoms with Crippen molar-refractivity contribution < 1.29 is 22.8 Å². The fourth-order valence-electron chi connectivity index (χ4n) is 3.46. The molecule has 0 aliphatic heterocycles. The molecule has 0 saturated heterocycles. The zero-order chi connectivity index (χ0) is 23.8. The maximum Gasteiger partial charge on any atom is 0.416 e. The van der Waals surface area contributed by atoms with E-state index < -0.39 is 17.6 Å². The molecule has 3 rings (SSSR count). The number of carbonyl (C=O) groups is 2. The van der Waals surface area contributed by atoms with E-state index in [1.807, 2.05) is 30.3 Å². The van der Waals surface area contributed by atoms with E-state index in [1.165, 1.54) is 23.2 Å². The molecule has 2 amide bonds. The van der Waals surface area contributed by atoms with Crippen LogP contribution in [0.3, 0.4) is 0 Å². The van der Waals surface area contributed by atoms with Crippen LogP contribution in [-0.4, -0.2) is 41.3 Å². The Labute approximate surface area is 190 Å². The van der Waals surface area contributed by atoms with Gasteiger partial charge in [-0.25, -0.2) is 0 Å². The molecule has 33 heavy (non-hydrogen) atoms. The third kappa shape index (κ3) is 6.65. The molecule has 1 atom stereocenters. The van der Waals surface area contributed by atoms with Gasteiger partial charge in [0, 0.05) is 31.4 Å². The van der Waals surface area contributed by atoms with E-state index in [4.69, 9.17) is 0 Å². The van der Waals surface area contributed by atoms with Crippen LogP contribution in [0, 0.1) is 0 Å². The lowest BCUT2D eigenvalue weighted by atomic mass is 10.0. The number of rotatable bonds is 8. The molecule has 2 aromatic carbocycles. The number of benzene rings is 2. The second kappa shape index (κ2) is 10.8. The Morgan fingerprint density at radius 2 is 1.73 bits per heavy atom. The zero-order valence-electron chi connectivity index (χ0n) is 18.0. The fourth-order valence-corrected chi connectivity index (χ4v) is 3.46. The minimum Gasteiger partial charge on any atom is -0.351 e. The van der Waals surface area contributed by atoms with Crippen molar-refractivity contribution in [3.8, 4) is 0 Å². The summed E-state index contributed by atoms with van der Waals surface area (Å²) in [6, 6.07) is 18.5. The highest BCUT2D eigenvalue weighted by molar-refractivity contribution is 5.94. The van der Waals surface area contributed by atoms with E-state index in [1.54, 1.807) is 25.2 Å². The van der Waals surface area contributed by atoms with Gasteiger partial charge in [0.15, 0.2) is 0 Å². The van der Waals surface area contributed by atoms with Gasteiger partial charge in [0.2, 0.25) is 0 Å². The molecule has 0 aliphatic carbocycles. The summed E-state index contributed by atoms with van der Waals surface area (Å²) >= 11 is 0. The largest absolute Gasteiger partial charge is 0.416 e. The standard InChI is InChI=1S/C25H24F3N3O2/c1-31(24(33)19-10-7-11-20(17-19)25(26,27)28)21(16-18-8-3-2-4-9-18)13-15-30-23(32)22-12-5-6-14-29-22/h2-12,14,17,21H,13,15-16H2,1H3,(H,30,32)/t21-/m1/s1. The average Bonchev–Trinajstić information content (AvgIpc) is 2.83. The first-order valence-electron chi connectivity index (χ1n) is 10.4. The van der Waals surface area contributed by atoms with Gasteiger partial charge in [-0.05, 0) is 48.7 Å². The Hall–Kier alpha value is -3.68. The predicted molar refractivity (Wildman–Crippen MR) is 119 cm³/mol. The molecule has 0 saturated carbocycles. The maximum atomic E-state index is 13.1. The molecule has 0 unspecified atom stereocenters. The third-order valence-corrected chi connectivity index (χ3v) is 5.28. The Morgan fingerprint density at radius 1 is 1.00 bits per heavy atom. The summed E-state index contributed by atoms with van der Waals surface area (Å²) in [5.41, 5.74) is 0.347. The van der Waals surface area contributed by atoms with E-state index in [0.717, 1.165) is 17.7 Å². The number of carbonyl (C=O) groups excluding carboxylic acids is 2. The minimum absolute atomic E-state index is 0.0390. The van der Waals surface area contributed by atoms with Crippen molar-refractivity contribution in [3.63, 3.8) is 0 Å². The van der Waals surface area contributed by atoms with Crippen LogP contribution in [0.15, 0.2) is 79.0 Å². The monoisotopic (exact) mass is 455 g/mol. The predicted octanol–water partition coefficient (Wildman–Crippen LogP) is 4.60. The molecular weight excluding hydrogens is 431 g/mol. The van der Waals surface area contributed by atoms with Crippen LogP contribution < -0.4 is 5.32 Å². The quantitative estimate of drug-likeness (QED) is 0.540. The Morgan fingerprint density at radius 3 is 2.39 bits per heavy atom. The number of hydrogen-bond acceptors (Lipinski definition) is 3. The highest BCUT2D eigenvalue weighted by Crippen LogP contribution is 2.30. The molecule has 172 valence electrons. The van der Waals surface area contributed by atoms with Gasteiger partial charge in [-0.15, -0.1) is 0 Å². The van der Waals surface area contributed by atoms with Crippen LogP contribution in [0.2, 0.25) is 0 Å². The van der Waals surface area contributed by atoms with Crippen LogP contribution in [-0.2, 0) is 12.6 Å². The topological polar surface area (TPSA) is 62.3 Å². The van der Waals surface area contributed by atoms with Crippen LogP contribution in [0.25, 0.3) is 0 Å². The van der Waals surface area contributed by atoms with Crippen molar-refractivity contribution in [2.45, 2.75) is 25.1 Å². The molecule has 0 bridgehead atoms. The lowest BCUT2D eigenvalue weighted by molar-refractivity contribution is -0.137. The summed E-state index contributed by atoms with van der Waals surface area (Å²) in [5, 5.41) is 2.79. The number of aromatic nitrogens is 1. The maximum absolute atomic E-state index is 13.1. The van der Waals surface area contributed by atoms with Crippen molar-refractivity contribution in [1.82, 2.24) is 15.2 Å². The Kier molecular flexibility index (Phi) is 7.82. The van der Waals surface area contributed by atoms with Crippen LogP contribution >= 0.6 is 0 Å². The summed E-state index contributed by atoms with van der Waals surface area (Å²) in [6.45, 7) is 0.271. The number of pyridine rings is 1. The second-order valence-electron chi connectivity index (χ2n) is 7.60. The SMILES string of the molecule is CN(C(=O)c1cccc(C(F)(F)F)c1)[C@H](CCNC(=O)c1ccccn1)Cc1ccccc1. The summed E-state index contributed by atoms with van der Waals surface area (Å²) in [5.74, 6) is -0.848. The highest BCUT2D eigenvalue weighted by atomic mass is 19.4. The number of amides is 2. The van der Waals surface area contributed by atoms with Gasteiger partial charge in [0.1, 0.15) is 5.69 Å². The van der Waals surface area contributed by atoms with Crippen molar-refractivity contribution in [2.75, 3.05) is 13.6 Å². The molecule has 0 spiro atoms. The number of likely N-dealkylation sites (N-methyl/N-ethyl adjacent to an activating group) is 1. The highest BCUT2D eigenvalue weighted by Gasteiger charge is 2.31. The second-order valence-corrected chi connectivity index (χ2v) is 7.60. The zero-order valence-corrected chi connectivity index (χ0v) is 18.0. The minimum atomic E-state index is -4.53. The lowest BCUT2D eigenvalue weighted by Crippen LogP contribution is -2.41. The molecule has 0 radical (unpaired) electrons. The van der Waals surface area contributed by atoms with Gasteiger partial charge in [-0.2, -0.15) is 13.2 Å². The smallest absolute Gasteiger partial charge is 0.351 e. The summed E-state index contributed by atoms with van der Waals surface area (Å²) < 4.78 is 39.3. The number of nitrogens with zero attached hydrogens (tertiary/aromatic N) is 2. The number of halogens is 3. The normalized spacial score (nSPS) is 12.1. The Bertz CT molecular complexity index is 1070. The van der Waals surface area contributed by atoms with Crippen LogP contribution in [0.5, 0.6) is 0 Å². The van der Waals surface area contributed by atoms with Crippen molar-refractivity contribution in [2.24, 2.45) is 0 Å². The summed E-state index contributed by atoms with van der Waals surface area (Å²) in [4.78, 5) is 30.8. The average molecular weight is 455 g/mol. The van der Waals surface area contributed by atoms with E-state index in [9.17, 15) is 22.8 Å². The third-order valence-electron chi connectivity index (χ3n) is 5.28. The molecule has 1 N–H and O–H groups in total. The van der Waals surface area contributed by atoms with Gasteiger partial charge in [0.05, 0.1) is 5.56 Å². The van der Waals surface area contributed by atoms with Gasteiger partial charge in [-0.1, -0.05) is 42.5 Å². The van der Waals surface area contributed by atoms with Crippen molar-refractivity contribution in [1.29, 1.82) is 0 Å². The van der Waals surface area contributed by atoms with E-state index in [0.29, 0.717) is 12.8 Å². The number of hydrogen-bond donors (Lipinski definition) is 1. The van der Waals surface area contributed by atoms with Crippen LogP contribution in [0.1, 0.15) is 38.4 Å². The number of alkyl halides is 3. The first-order chi connectivity index (χ1) is 15.8. The first-order valence-corrected chi connectivity index (χ1v) is 10.4. The Balaban J connectivity index is 1.74. The molecule has 8 heteroatoms. The molecule has 3 aromatic rings. The summed E-state index contributed by atoms with van der Waals surface area (Å²) in [6.07, 6.45) is -2.11. The summed E-state index contributed by atoms with van der Waals surface area (Å²) in [7, 11) is 1.57. The van der Waals surface area contributed by atoms with E-state index in [2.05, 4.69) is 10.3 Å². The molecule has 5 nitrogen and oxygen atoms in total. The molecule has 1 heterocycles. The van der Waals surface area contributed by atoms with Gasteiger partial charge in [0.25, 0.3) is 11.8 Å². The van der Waals surface area contributed by atoms with Crippen LogP contribution in [0.4, 0.5) is 13.2 Å².